The van der Waals surface area contributed by atoms with Gasteiger partial charge in [-0.1, -0.05) is 6.07 Å². The Morgan fingerprint density at radius 3 is 2.36 bits per heavy atom. The number of rotatable bonds is 2. The molecule has 0 bridgehead atoms. The lowest BCUT2D eigenvalue weighted by Gasteiger charge is -2.01. The van der Waals surface area contributed by atoms with Gasteiger partial charge < -0.3 is 0 Å². The second-order valence-electron chi connectivity index (χ2n) is 2.33. The lowest BCUT2D eigenvalue weighted by molar-refractivity contribution is 0.107. The molecule has 0 aliphatic carbocycles. The molecule has 1 rings (SSSR count). The van der Waals surface area contributed by atoms with E-state index in [1.807, 2.05) is 0 Å². The highest BCUT2D eigenvalue weighted by Gasteiger charge is 2.20. The lowest BCUT2D eigenvalue weighted by Crippen LogP contribution is -2.01. The second kappa shape index (κ2) is 3.84. The highest BCUT2D eigenvalue weighted by molar-refractivity contribution is 8.13. The van der Waals surface area contributed by atoms with Crippen LogP contribution in [0.5, 0.6) is 0 Å². The highest BCUT2D eigenvalue weighted by atomic mass is 35.7. The van der Waals surface area contributed by atoms with Gasteiger partial charge in [-0.15, -0.1) is 0 Å². The lowest BCUT2D eigenvalue weighted by atomic mass is 10.2. The predicted octanol–water partition coefficient (Wildman–Crippen LogP) is 2.13. The first kappa shape index (κ1) is 11.4. The molecular weight excluding hydrogens is 254 g/mol. The van der Waals surface area contributed by atoms with Crippen LogP contribution in [0, 0.1) is 5.82 Å². The highest BCUT2D eigenvalue weighted by Crippen LogP contribution is 2.22. The Kier molecular flexibility index (Phi) is 3.14. The van der Waals surface area contributed by atoms with Crippen LogP contribution < -0.4 is 0 Å². The normalized spacial score (nSPS) is 11.4. The van der Waals surface area contributed by atoms with E-state index in [2.05, 4.69) is 0 Å². The molecule has 14 heavy (non-hydrogen) atoms. The van der Waals surface area contributed by atoms with Crippen molar-refractivity contribution in [1.29, 1.82) is 0 Å². The van der Waals surface area contributed by atoms with Crippen molar-refractivity contribution in [2.24, 2.45) is 0 Å². The van der Waals surface area contributed by atoms with E-state index >= 15 is 0 Å². The Bertz CT molecular complexity index is 484. The Morgan fingerprint density at radius 2 is 1.93 bits per heavy atom. The van der Waals surface area contributed by atoms with Crippen molar-refractivity contribution in [2.75, 3.05) is 0 Å². The average molecular weight is 257 g/mol. The molecule has 0 spiro atoms. The largest absolute Gasteiger partial charge is 0.275 e. The molecule has 0 aliphatic heterocycles. The minimum Gasteiger partial charge on any atom is -0.275 e. The molecule has 3 nitrogen and oxygen atoms in total. The van der Waals surface area contributed by atoms with Crippen LogP contribution in [0.15, 0.2) is 23.1 Å². The third-order valence-corrected chi connectivity index (χ3v) is 2.98. The topological polar surface area (TPSA) is 51.2 Å². The van der Waals surface area contributed by atoms with Crippen molar-refractivity contribution in [3.63, 3.8) is 0 Å². The van der Waals surface area contributed by atoms with Crippen LogP contribution in [0.1, 0.15) is 10.4 Å². The molecular formula is C7H3Cl2FO3S. The summed E-state index contributed by atoms with van der Waals surface area (Å²) < 4.78 is 34.8. The van der Waals surface area contributed by atoms with Crippen molar-refractivity contribution in [1.82, 2.24) is 0 Å². The van der Waals surface area contributed by atoms with Crippen LogP contribution >= 0.6 is 22.3 Å². The molecule has 0 radical (unpaired) electrons. The zero-order valence-corrected chi connectivity index (χ0v) is 8.83. The van der Waals surface area contributed by atoms with Gasteiger partial charge >= 0.3 is 0 Å². The number of halogens is 3. The first-order valence-corrected chi connectivity index (χ1v) is 5.96. The molecule has 0 aromatic heterocycles. The molecule has 1 aromatic rings. The molecule has 0 atom stereocenters. The summed E-state index contributed by atoms with van der Waals surface area (Å²) in [4.78, 5) is 9.87. The minimum atomic E-state index is -4.20. The summed E-state index contributed by atoms with van der Waals surface area (Å²) in [6.07, 6.45) is 0. The molecule has 7 heteroatoms. The fourth-order valence-electron chi connectivity index (χ4n) is 0.851. The van der Waals surface area contributed by atoms with Crippen LogP contribution in [0.4, 0.5) is 4.39 Å². The van der Waals surface area contributed by atoms with Crippen LogP contribution in [0.25, 0.3) is 0 Å². The third-order valence-electron chi connectivity index (χ3n) is 1.44. The number of carbonyl (C=O) groups is 1. The van der Waals surface area contributed by atoms with Gasteiger partial charge in [0.25, 0.3) is 14.3 Å². The summed E-state index contributed by atoms with van der Waals surface area (Å²) >= 11 is 5.01. The number of hydrogen-bond acceptors (Lipinski definition) is 3. The van der Waals surface area contributed by atoms with Gasteiger partial charge in [0.2, 0.25) is 0 Å². The number of hydrogen-bond donors (Lipinski definition) is 0. The van der Waals surface area contributed by atoms with Crippen LogP contribution in [-0.4, -0.2) is 13.7 Å². The molecule has 0 aliphatic rings. The Labute approximate surface area is 88.9 Å². The molecule has 0 heterocycles. The average Bonchev–Trinajstić information content (AvgIpc) is 2.01. The zero-order chi connectivity index (χ0) is 10.9. The fourth-order valence-corrected chi connectivity index (χ4v) is 1.92. The summed E-state index contributed by atoms with van der Waals surface area (Å²) in [5.74, 6) is -1.23. The van der Waals surface area contributed by atoms with E-state index in [0.29, 0.717) is 0 Å². The maximum atomic E-state index is 13.3. The summed E-state index contributed by atoms with van der Waals surface area (Å²) in [7, 11) is 0.715. The van der Waals surface area contributed by atoms with E-state index < -0.39 is 30.6 Å². The van der Waals surface area contributed by atoms with Crippen LogP contribution in [0.2, 0.25) is 0 Å². The van der Waals surface area contributed by atoms with Gasteiger partial charge in [-0.25, -0.2) is 12.8 Å². The zero-order valence-electron chi connectivity index (χ0n) is 6.50. The minimum absolute atomic E-state index is 0.520. The molecule has 1 aromatic carbocycles. The molecule has 0 amide bonds. The van der Waals surface area contributed by atoms with Gasteiger partial charge in [-0.05, 0) is 23.7 Å². The van der Waals surface area contributed by atoms with E-state index in [9.17, 15) is 17.6 Å². The quantitative estimate of drug-likeness (QED) is 0.762. The van der Waals surface area contributed by atoms with Gasteiger partial charge in [-0.2, -0.15) is 0 Å². The Hall–Kier alpha value is -0.650. The van der Waals surface area contributed by atoms with E-state index in [0.717, 1.165) is 12.1 Å². The SMILES string of the molecule is O=C(Cl)c1cccc(S(=O)(=O)Cl)c1F. The van der Waals surface area contributed by atoms with Crippen molar-refractivity contribution in [2.45, 2.75) is 4.90 Å². The smallest absolute Gasteiger partial charge is 0.264 e. The van der Waals surface area contributed by atoms with E-state index in [1.54, 1.807) is 0 Å². The molecule has 0 unspecified atom stereocenters. The van der Waals surface area contributed by atoms with Crippen molar-refractivity contribution in [3.05, 3.63) is 29.6 Å². The second-order valence-corrected chi connectivity index (χ2v) is 5.21. The van der Waals surface area contributed by atoms with Crippen LogP contribution in [0.3, 0.4) is 0 Å². The van der Waals surface area contributed by atoms with E-state index in [4.69, 9.17) is 22.3 Å². The summed E-state index contributed by atoms with van der Waals surface area (Å²) in [6, 6.07) is 3.19. The van der Waals surface area contributed by atoms with Gasteiger partial charge in [0.05, 0.1) is 5.56 Å². The van der Waals surface area contributed by atoms with E-state index in [-0.39, 0.29) is 0 Å². The van der Waals surface area contributed by atoms with E-state index in [1.165, 1.54) is 6.07 Å². The summed E-state index contributed by atoms with van der Waals surface area (Å²) in [6.45, 7) is 0. The number of benzene rings is 1. The first-order valence-electron chi connectivity index (χ1n) is 3.27. The molecule has 0 saturated heterocycles. The van der Waals surface area contributed by atoms with Crippen LogP contribution in [-0.2, 0) is 9.05 Å². The maximum absolute atomic E-state index is 13.3. The summed E-state index contributed by atoms with van der Waals surface area (Å²) in [5, 5.41) is -1.08. The maximum Gasteiger partial charge on any atom is 0.264 e. The van der Waals surface area contributed by atoms with Crippen molar-refractivity contribution < 1.29 is 17.6 Å². The Morgan fingerprint density at radius 1 is 1.36 bits per heavy atom. The molecule has 0 N–H and O–H groups in total. The molecule has 0 fully saturated rings. The van der Waals surface area contributed by atoms with Gasteiger partial charge in [0.15, 0.2) is 5.82 Å². The third kappa shape index (κ3) is 2.23. The fraction of sp³-hybridized carbons (Fsp3) is 0. The number of carbonyl (C=O) groups excluding carboxylic acids is 1. The monoisotopic (exact) mass is 256 g/mol. The summed E-state index contributed by atoms with van der Waals surface area (Å²) in [5.41, 5.74) is -0.520. The van der Waals surface area contributed by atoms with Gasteiger partial charge in [0.1, 0.15) is 4.90 Å². The van der Waals surface area contributed by atoms with Gasteiger partial charge in [-0.3, -0.25) is 4.79 Å². The van der Waals surface area contributed by atoms with Crippen molar-refractivity contribution in [3.8, 4) is 0 Å². The molecule has 76 valence electrons. The van der Waals surface area contributed by atoms with Gasteiger partial charge in [0, 0.05) is 10.7 Å². The predicted molar refractivity (Wildman–Crippen MR) is 49.6 cm³/mol. The standard InChI is InChI=1S/C7H3Cl2FO3S/c8-7(11)4-2-1-3-5(6(4)10)14(9,12)13/h1-3H. The Balaban J connectivity index is 3.51. The first-order chi connectivity index (χ1) is 6.34. The molecule has 0 saturated carbocycles. The van der Waals surface area contributed by atoms with Crippen molar-refractivity contribution >= 4 is 36.6 Å².